The molecule has 2 heterocycles. The van der Waals surface area contributed by atoms with Gasteiger partial charge in [0, 0.05) is 23.1 Å². The molecule has 5 nitrogen and oxygen atoms in total. The van der Waals surface area contributed by atoms with Gasteiger partial charge in [-0.2, -0.15) is 0 Å². The molecule has 5 heteroatoms. The van der Waals surface area contributed by atoms with E-state index in [-0.39, 0.29) is 10.9 Å². The van der Waals surface area contributed by atoms with E-state index in [9.17, 15) is 9.59 Å². The second-order valence-corrected chi connectivity index (χ2v) is 8.89. The normalized spacial score (nSPS) is 11.5. The van der Waals surface area contributed by atoms with Crippen molar-refractivity contribution < 1.29 is 8.83 Å². The molecule has 0 amide bonds. The van der Waals surface area contributed by atoms with Gasteiger partial charge in [-0.1, -0.05) is 48.5 Å². The summed E-state index contributed by atoms with van der Waals surface area (Å²) in [5, 5.41) is 1.60. The molecular weight excluding hydrogens is 462 g/mol. The number of hydrogen-bond acceptors (Lipinski definition) is 5. The highest BCUT2D eigenvalue weighted by Crippen LogP contribution is 2.36. The van der Waals surface area contributed by atoms with E-state index in [1.165, 1.54) is 0 Å². The Morgan fingerprint density at radius 2 is 0.919 bits per heavy atom. The summed E-state index contributed by atoms with van der Waals surface area (Å²) in [7, 11) is 0. The Morgan fingerprint density at radius 1 is 0.405 bits per heavy atom. The van der Waals surface area contributed by atoms with Gasteiger partial charge in [0.25, 0.3) is 0 Å². The number of anilines is 3. The lowest BCUT2D eigenvalue weighted by Crippen LogP contribution is -2.11. The van der Waals surface area contributed by atoms with Gasteiger partial charge in [-0.05, 0) is 60.7 Å². The van der Waals surface area contributed by atoms with E-state index in [1.54, 1.807) is 30.3 Å². The summed E-state index contributed by atoms with van der Waals surface area (Å²) >= 11 is 0. The number of hydrogen-bond donors (Lipinski definition) is 0. The van der Waals surface area contributed by atoms with Gasteiger partial charge < -0.3 is 13.7 Å². The van der Waals surface area contributed by atoms with Crippen LogP contribution in [0.25, 0.3) is 43.9 Å². The predicted octanol–water partition coefficient (Wildman–Crippen LogP) is 7.68. The van der Waals surface area contributed by atoms with Crippen molar-refractivity contribution >= 4 is 60.9 Å². The van der Waals surface area contributed by atoms with Gasteiger partial charge in [-0.3, -0.25) is 9.59 Å². The van der Waals surface area contributed by atoms with E-state index in [2.05, 4.69) is 4.90 Å². The van der Waals surface area contributed by atoms with Crippen LogP contribution in [-0.4, -0.2) is 0 Å². The molecule has 37 heavy (non-hydrogen) atoms. The van der Waals surface area contributed by atoms with Crippen LogP contribution in [0.5, 0.6) is 0 Å². The first-order valence-corrected chi connectivity index (χ1v) is 11.9. The Kier molecular flexibility index (Phi) is 4.69. The summed E-state index contributed by atoms with van der Waals surface area (Å²) < 4.78 is 12.1. The van der Waals surface area contributed by atoms with Crippen molar-refractivity contribution in [3.63, 3.8) is 0 Å². The quantitative estimate of drug-likeness (QED) is 0.242. The monoisotopic (exact) mass is 481 g/mol. The Morgan fingerprint density at radius 3 is 1.57 bits per heavy atom. The minimum atomic E-state index is -0.200. The summed E-state index contributed by atoms with van der Waals surface area (Å²) in [6.45, 7) is 0. The van der Waals surface area contributed by atoms with E-state index < -0.39 is 0 Å². The van der Waals surface area contributed by atoms with Crippen molar-refractivity contribution in [2.24, 2.45) is 0 Å². The third kappa shape index (κ3) is 3.40. The first-order chi connectivity index (χ1) is 18.2. The lowest BCUT2D eigenvalue weighted by Gasteiger charge is -2.25. The molecule has 176 valence electrons. The average molecular weight is 482 g/mol. The van der Waals surface area contributed by atoms with Crippen LogP contribution in [0.4, 0.5) is 17.1 Å². The van der Waals surface area contributed by atoms with Crippen LogP contribution in [0.15, 0.2) is 134 Å². The SMILES string of the molecule is O=c1c2ccccc2oc2cc3oc4ccc(N(c5ccccc5)c5ccccc5)cc4c(=O)c3cc12. The molecular formula is C32H19NO4. The number of rotatable bonds is 3. The molecule has 0 atom stereocenters. The number of fused-ring (bicyclic) bond motifs is 4. The smallest absolute Gasteiger partial charge is 0.200 e. The van der Waals surface area contributed by atoms with Gasteiger partial charge in [0.2, 0.25) is 10.9 Å². The molecule has 0 aliphatic heterocycles. The predicted molar refractivity (Wildman–Crippen MR) is 148 cm³/mol. The Labute approximate surface area is 210 Å². The molecule has 0 fully saturated rings. The Bertz CT molecular complexity index is 2040. The van der Waals surface area contributed by atoms with Gasteiger partial charge in [0.15, 0.2) is 0 Å². The van der Waals surface area contributed by atoms with Crippen molar-refractivity contribution in [2.75, 3.05) is 4.90 Å². The van der Waals surface area contributed by atoms with Gasteiger partial charge in [-0.25, -0.2) is 0 Å². The van der Waals surface area contributed by atoms with Crippen LogP contribution in [0.1, 0.15) is 0 Å². The number of para-hydroxylation sites is 3. The molecule has 7 aromatic rings. The van der Waals surface area contributed by atoms with Crippen LogP contribution in [0.2, 0.25) is 0 Å². The van der Waals surface area contributed by atoms with Crippen LogP contribution >= 0.6 is 0 Å². The summed E-state index contributed by atoms with van der Waals surface area (Å²) in [6.07, 6.45) is 0. The average Bonchev–Trinajstić information content (AvgIpc) is 2.94. The maximum atomic E-state index is 13.7. The van der Waals surface area contributed by atoms with E-state index in [4.69, 9.17) is 8.83 Å². The van der Waals surface area contributed by atoms with Crippen LogP contribution in [0, 0.1) is 0 Å². The first-order valence-electron chi connectivity index (χ1n) is 11.9. The fourth-order valence-electron chi connectivity index (χ4n) is 4.88. The highest BCUT2D eigenvalue weighted by Gasteiger charge is 2.17. The zero-order valence-corrected chi connectivity index (χ0v) is 19.5. The van der Waals surface area contributed by atoms with Crippen molar-refractivity contribution in [2.45, 2.75) is 0 Å². The Balaban J connectivity index is 1.49. The zero-order valence-electron chi connectivity index (χ0n) is 19.5. The van der Waals surface area contributed by atoms with Crippen molar-refractivity contribution in [1.82, 2.24) is 0 Å². The molecule has 0 saturated heterocycles. The standard InChI is InChI=1S/C32H19NO4/c34-31-23-13-7-8-14-27(23)36-29-19-30-26(18-25(29)31)32(35)24-17-22(15-16-28(24)37-30)33(20-9-3-1-4-10-20)21-11-5-2-6-12-21/h1-19H. The molecule has 0 N–H and O–H groups in total. The number of nitrogens with zero attached hydrogens (tertiary/aromatic N) is 1. The first kappa shape index (κ1) is 21.1. The van der Waals surface area contributed by atoms with Crippen LogP contribution in [0.3, 0.4) is 0 Å². The van der Waals surface area contributed by atoms with E-state index in [1.807, 2.05) is 84.9 Å². The second kappa shape index (κ2) is 8.21. The summed E-state index contributed by atoms with van der Waals surface area (Å²) in [5.41, 5.74) is 4.10. The van der Waals surface area contributed by atoms with Crippen molar-refractivity contribution in [1.29, 1.82) is 0 Å². The second-order valence-electron chi connectivity index (χ2n) is 8.89. The third-order valence-electron chi connectivity index (χ3n) is 6.64. The molecule has 0 spiro atoms. The van der Waals surface area contributed by atoms with Gasteiger partial charge in [0.1, 0.15) is 22.3 Å². The molecule has 0 saturated carbocycles. The molecule has 0 aliphatic rings. The molecule has 5 aromatic carbocycles. The fraction of sp³-hybridized carbons (Fsp3) is 0. The lowest BCUT2D eigenvalue weighted by atomic mass is 10.1. The highest BCUT2D eigenvalue weighted by atomic mass is 16.3. The van der Waals surface area contributed by atoms with Gasteiger partial charge >= 0.3 is 0 Å². The molecule has 0 aliphatic carbocycles. The van der Waals surface area contributed by atoms with Crippen LogP contribution in [-0.2, 0) is 0 Å². The topological polar surface area (TPSA) is 63.7 Å². The minimum absolute atomic E-state index is 0.175. The van der Waals surface area contributed by atoms with Crippen molar-refractivity contribution in [3.05, 3.63) is 136 Å². The largest absolute Gasteiger partial charge is 0.456 e. The summed E-state index contributed by atoms with van der Waals surface area (Å²) in [5.74, 6) is 0. The van der Waals surface area contributed by atoms with Gasteiger partial charge in [-0.15, -0.1) is 0 Å². The minimum Gasteiger partial charge on any atom is -0.456 e. The molecule has 2 aromatic heterocycles. The Hall–Kier alpha value is -5.16. The molecule has 7 rings (SSSR count). The third-order valence-corrected chi connectivity index (χ3v) is 6.64. The zero-order chi connectivity index (χ0) is 24.9. The lowest BCUT2D eigenvalue weighted by molar-refractivity contribution is 0.646. The molecule has 0 bridgehead atoms. The van der Waals surface area contributed by atoms with Gasteiger partial charge in [0.05, 0.1) is 21.5 Å². The summed E-state index contributed by atoms with van der Waals surface area (Å²) in [4.78, 5) is 29.0. The maximum absolute atomic E-state index is 13.7. The highest BCUT2D eigenvalue weighted by molar-refractivity contribution is 6.00. The maximum Gasteiger partial charge on any atom is 0.200 e. The number of benzene rings is 5. The van der Waals surface area contributed by atoms with E-state index in [0.717, 1.165) is 17.1 Å². The van der Waals surface area contributed by atoms with Crippen LogP contribution < -0.4 is 15.8 Å². The van der Waals surface area contributed by atoms with E-state index in [0.29, 0.717) is 43.9 Å². The molecule has 0 unspecified atom stereocenters. The summed E-state index contributed by atoms with van der Waals surface area (Å²) in [6, 6.07) is 35.9. The van der Waals surface area contributed by atoms with Crippen molar-refractivity contribution in [3.8, 4) is 0 Å². The van der Waals surface area contributed by atoms with E-state index >= 15 is 0 Å². The molecule has 0 radical (unpaired) electrons. The fourth-order valence-corrected chi connectivity index (χ4v) is 4.88.